The molecule has 0 bridgehead atoms. The summed E-state index contributed by atoms with van der Waals surface area (Å²) in [6.45, 7) is 0.165. The van der Waals surface area contributed by atoms with Crippen LogP contribution in [0.1, 0.15) is 21.7 Å². The van der Waals surface area contributed by atoms with Crippen LogP contribution in [0.25, 0.3) is 17.4 Å². The summed E-state index contributed by atoms with van der Waals surface area (Å²) in [5, 5.41) is 11.9. The molecule has 1 aromatic heterocycles. The van der Waals surface area contributed by atoms with Gasteiger partial charge in [-0.05, 0) is 23.8 Å². The van der Waals surface area contributed by atoms with Gasteiger partial charge in [0.15, 0.2) is 0 Å². The van der Waals surface area contributed by atoms with E-state index in [0.717, 1.165) is 10.5 Å². The largest absolute Gasteiger partial charge is 0.478 e. The van der Waals surface area contributed by atoms with Crippen LogP contribution in [0.3, 0.4) is 0 Å². The van der Waals surface area contributed by atoms with E-state index in [0.29, 0.717) is 17.1 Å². The van der Waals surface area contributed by atoms with E-state index >= 15 is 0 Å². The quantitative estimate of drug-likeness (QED) is 0.512. The van der Waals surface area contributed by atoms with E-state index in [1.54, 1.807) is 30.3 Å². The lowest BCUT2D eigenvalue weighted by Crippen LogP contribution is -2.30. The Morgan fingerprint density at radius 1 is 1.00 bits per heavy atom. The number of nitrogens with zero attached hydrogens (tertiary/aromatic N) is 1. The van der Waals surface area contributed by atoms with E-state index in [-0.39, 0.29) is 17.8 Å². The van der Waals surface area contributed by atoms with Crippen LogP contribution in [0.15, 0.2) is 76.8 Å². The molecule has 7 nitrogen and oxygen atoms in total. The van der Waals surface area contributed by atoms with Gasteiger partial charge < -0.3 is 14.8 Å². The zero-order chi connectivity index (χ0) is 20.4. The lowest BCUT2D eigenvalue weighted by Gasteiger charge is -2.11. The molecule has 2 heterocycles. The summed E-state index contributed by atoms with van der Waals surface area (Å²) in [7, 11) is 0. The molecule has 1 fully saturated rings. The first-order chi connectivity index (χ1) is 14.0. The van der Waals surface area contributed by atoms with Crippen molar-refractivity contribution in [2.24, 2.45) is 0 Å². The first kappa shape index (κ1) is 18.2. The topological polar surface area (TPSA) is 99.9 Å². The molecule has 0 spiro atoms. The molecule has 0 unspecified atom stereocenters. The molecule has 144 valence electrons. The molecule has 0 atom stereocenters. The van der Waals surface area contributed by atoms with Gasteiger partial charge in [-0.2, -0.15) is 0 Å². The Balaban J connectivity index is 1.57. The second-order valence-electron chi connectivity index (χ2n) is 6.42. The monoisotopic (exact) mass is 388 g/mol. The second kappa shape index (κ2) is 7.47. The third-order valence-electron chi connectivity index (χ3n) is 4.48. The third-order valence-corrected chi connectivity index (χ3v) is 4.48. The highest BCUT2D eigenvalue weighted by Crippen LogP contribution is 2.27. The minimum Gasteiger partial charge on any atom is -0.478 e. The lowest BCUT2D eigenvalue weighted by atomic mass is 10.1. The summed E-state index contributed by atoms with van der Waals surface area (Å²) in [4.78, 5) is 37.3. The zero-order valence-corrected chi connectivity index (χ0v) is 15.2. The Morgan fingerprint density at radius 3 is 2.48 bits per heavy atom. The molecule has 0 radical (unpaired) electrons. The first-order valence-corrected chi connectivity index (χ1v) is 8.84. The molecule has 0 saturated carbocycles. The number of benzene rings is 2. The van der Waals surface area contributed by atoms with Crippen LogP contribution >= 0.6 is 0 Å². The smallest absolute Gasteiger partial charge is 0.336 e. The predicted octanol–water partition coefficient (Wildman–Crippen LogP) is 3.74. The van der Waals surface area contributed by atoms with Gasteiger partial charge in [0.05, 0.1) is 12.1 Å². The number of urea groups is 1. The molecular weight excluding hydrogens is 372 g/mol. The van der Waals surface area contributed by atoms with Crippen molar-refractivity contribution in [2.45, 2.75) is 6.54 Å². The Kier molecular flexibility index (Phi) is 4.70. The van der Waals surface area contributed by atoms with E-state index in [9.17, 15) is 19.5 Å². The molecule has 3 amide bonds. The number of hydrogen-bond acceptors (Lipinski definition) is 4. The molecule has 7 heteroatoms. The predicted molar refractivity (Wildman–Crippen MR) is 105 cm³/mol. The second-order valence-corrected chi connectivity index (χ2v) is 6.42. The van der Waals surface area contributed by atoms with Gasteiger partial charge in [0.1, 0.15) is 17.2 Å². The van der Waals surface area contributed by atoms with Gasteiger partial charge in [-0.25, -0.2) is 9.59 Å². The van der Waals surface area contributed by atoms with Crippen molar-refractivity contribution in [2.75, 3.05) is 0 Å². The van der Waals surface area contributed by atoms with Crippen molar-refractivity contribution in [3.8, 4) is 11.3 Å². The maximum absolute atomic E-state index is 12.6. The van der Waals surface area contributed by atoms with Crippen LogP contribution in [-0.4, -0.2) is 27.9 Å². The minimum atomic E-state index is -1.06. The maximum atomic E-state index is 12.6. The summed E-state index contributed by atoms with van der Waals surface area (Å²) >= 11 is 0. The summed E-state index contributed by atoms with van der Waals surface area (Å²) in [5.41, 5.74) is 1.47. The van der Waals surface area contributed by atoms with Gasteiger partial charge in [0, 0.05) is 11.6 Å². The van der Waals surface area contributed by atoms with Crippen LogP contribution in [-0.2, 0) is 11.3 Å². The molecule has 1 saturated heterocycles. The molecule has 1 aliphatic heterocycles. The van der Waals surface area contributed by atoms with Crippen molar-refractivity contribution in [1.29, 1.82) is 0 Å². The van der Waals surface area contributed by atoms with Gasteiger partial charge in [0.25, 0.3) is 5.91 Å². The van der Waals surface area contributed by atoms with E-state index in [4.69, 9.17) is 4.42 Å². The van der Waals surface area contributed by atoms with Crippen LogP contribution in [0.4, 0.5) is 4.79 Å². The summed E-state index contributed by atoms with van der Waals surface area (Å²) in [5.74, 6) is -0.840. The molecule has 29 heavy (non-hydrogen) atoms. The fourth-order valence-corrected chi connectivity index (χ4v) is 3.08. The van der Waals surface area contributed by atoms with Crippen LogP contribution < -0.4 is 5.32 Å². The Bertz CT molecular complexity index is 1130. The Hall–Kier alpha value is -4.13. The molecular formula is C22H16N2O5. The van der Waals surface area contributed by atoms with Crippen molar-refractivity contribution in [3.05, 3.63) is 89.3 Å². The van der Waals surface area contributed by atoms with Crippen molar-refractivity contribution in [1.82, 2.24) is 10.2 Å². The summed E-state index contributed by atoms with van der Waals surface area (Å²) in [6.07, 6.45) is 1.43. The fraction of sp³-hybridized carbons (Fsp3) is 0.0455. The van der Waals surface area contributed by atoms with Crippen molar-refractivity contribution in [3.63, 3.8) is 0 Å². The van der Waals surface area contributed by atoms with Crippen molar-refractivity contribution < 1.29 is 23.9 Å². The van der Waals surface area contributed by atoms with Crippen LogP contribution in [0.5, 0.6) is 0 Å². The highest BCUT2D eigenvalue weighted by atomic mass is 16.4. The number of carboxylic acid groups (broad SMARTS) is 1. The third kappa shape index (κ3) is 3.66. The van der Waals surface area contributed by atoms with Crippen molar-refractivity contribution >= 4 is 24.0 Å². The molecule has 0 aliphatic carbocycles. The van der Waals surface area contributed by atoms with Gasteiger partial charge >= 0.3 is 12.0 Å². The SMILES string of the molecule is O=C(O)c1ccccc1-c1ccc(/C=C2\NC(=O)N(Cc3ccccc3)C2=O)o1. The standard InChI is InChI=1S/C22H16N2O5/c25-20-18(23-22(28)24(20)13-14-6-2-1-3-7-14)12-15-10-11-19(29-15)16-8-4-5-9-17(16)21(26)27/h1-12H,13H2,(H,23,28)(H,26,27)/b18-12-. The Morgan fingerprint density at radius 2 is 1.72 bits per heavy atom. The Labute approximate surface area is 165 Å². The number of imide groups is 1. The van der Waals surface area contributed by atoms with Gasteiger partial charge in [-0.1, -0.05) is 48.5 Å². The lowest BCUT2D eigenvalue weighted by molar-refractivity contribution is -0.123. The number of amides is 3. The number of aromatic carboxylic acids is 1. The van der Waals surface area contributed by atoms with Crippen LogP contribution in [0, 0.1) is 0 Å². The van der Waals surface area contributed by atoms with Gasteiger partial charge in [0.2, 0.25) is 0 Å². The van der Waals surface area contributed by atoms with E-state index < -0.39 is 17.9 Å². The number of carbonyl (C=O) groups is 3. The summed E-state index contributed by atoms with van der Waals surface area (Å²) in [6, 6.07) is 18.4. The minimum absolute atomic E-state index is 0.0957. The van der Waals surface area contributed by atoms with Gasteiger partial charge in [-0.15, -0.1) is 0 Å². The normalized spacial score (nSPS) is 15.0. The highest BCUT2D eigenvalue weighted by Gasteiger charge is 2.33. The molecule has 3 aromatic rings. The van der Waals surface area contributed by atoms with E-state index in [1.807, 2.05) is 30.3 Å². The fourth-order valence-electron chi connectivity index (χ4n) is 3.08. The molecule has 4 rings (SSSR count). The number of nitrogens with one attached hydrogen (secondary N) is 1. The number of carbonyl (C=O) groups excluding carboxylic acids is 2. The number of rotatable bonds is 5. The average molecular weight is 388 g/mol. The average Bonchev–Trinajstić information content (AvgIpc) is 3.29. The molecule has 2 aromatic carbocycles. The number of furan rings is 1. The first-order valence-electron chi connectivity index (χ1n) is 8.84. The van der Waals surface area contributed by atoms with Gasteiger partial charge in [-0.3, -0.25) is 9.69 Å². The van der Waals surface area contributed by atoms with E-state index in [1.165, 1.54) is 12.1 Å². The zero-order valence-electron chi connectivity index (χ0n) is 15.2. The number of carboxylic acids is 1. The molecule has 2 N–H and O–H groups in total. The maximum Gasteiger partial charge on any atom is 0.336 e. The molecule has 1 aliphatic rings. The highest BCUT2D eigenvalue weighted by molar-refractivity contribution is 6.13. The number of hydrogen-bond donors (Lipinski definition) is 2. The van der Waals surface area contributed by atoms with Crippen LogP contribution in [0.2, 0.25) is 0 Å². The summed E-state index contributed by atoms with van der Waals surface area (Å²) < 4.78 is 5.70. The van der Waals surface area contributed by atoms with E-state index in [2.05, 4.69) is 5.32 Å².